The molecule has 2 aliphatic heterocycles. The van der Waals surface area contributed by atoms with E-state index in [0.29, 0.717) is 24.3 Å². The molecule has 0 aromatic heterocycles. The molecule has 1 N–H and O–H groups in total. The van der Waals surface area contributed by atoms with Crippen LogP contribution in [0.2, 0.25) is 0 Å². The van der Waals surface area contributed by atoms with E-state index in [9.17, 15) is 4.79 Å². The summed E-state index contributed by atoms with van der Waals surface area (Å²) in [6.45, 7) is 11.6. The maximum absolute atomic E-state index is 12.2. The van der Waals surface area contributed by atoms with E-state index in [2.05, 4.69) is 19.2 Å². The van der Waals surface area contributed by atoms with Gasteiger partial charge in [0.1, 0.15) is 5.60 Å². The molecule has 3 unspecified atom stereocenters. The molecule has 2 saturated heterocycles. The molecule has 0 aliphatic carbocycles. The first-order valence-corrected chi connectivity index (χ1v) is 8.62. The van der Waals surface area contributed by atoms with Gasteiger partial charge in [-0.05, 0) is 60.3 Å². The van der Waals surface area contributed by atoms with Gasteiger partial charge in [0.25, 0.3) is 0 Å². The quantitative estimate of drug-likeness (QED) is 0.852. The number of piperidine rings is 1. The molecule has 5 nitrogen and oxygen atoms in total. The van der Waals surface area contributed by atoms with Gasteiger partial charge in [-0.1, -0.05) is 0 Å². The molecule has 2 aliphatic rings. The highest BCUT2D eigenvalue weighted by atomic mass is 16.6. The number of amides is 1. The first-order chi connectivity index (χ1) is 10.2. The lowest BCUT2D eigenvalue weighted by Gasteiger charge is -2.39. The van der Waals surface area contributed by atoms with E-state index in [1.807, 2.05) is 25.7 Å². The summed E-state index contributed by atoms with van der Waals surface area (Å²) >= 11 is 0. The van der Waals surface area contributed by atoms with Gasteiger partial charge in [-0.25, -0.2) is 4.79 Å². The third-order valence-corrected chi connectivity index (χ3v) is 4.24. The summed E-state index contributed by atoms with van der Waals surface area (Å²) in [6, 6.07) is 0.853. The molecule has 5 heteroatoms. The molecule has 3 atom stereocenters. The van der Waals surface area contributed by atoms with Crippen molar-refractivity contribution in [3.63, 3.8) is 0 Å². The maximum Gasteiger partial charge on any atom is 0.410 e. The second-order valence-corrected chi connectivity index (χ2v) is 7.86. The lowest BCUT2D eigenvalue weighted by atomic mass is 9.97. The zero-order valence-corrected chi connectivity index (χ0v) is 14.7. The van der Waals surface area contributed by atoms with Crippen molar-refractivity contribution in [2.45, 2.75) is 90.2 Å². The monoisotopic (exact) mass is 312 g/mol. The van der Waals surface area contributed by atoms with Crippen LogP contribution in [-0.2, 0) is 9.47 Å². The summed E-state index contributed by atoms with van der Waals surface area (Å²) in [4.78, 5) is 14.1. The Hall–Kier alpha value is -0.810. The van der Waals surface area contributed by atoms with Gasteiger partial charge in [0.15, 0.2) is 0 Å². The van der Waals surface area contributed by atoms with Crippen molar-refractivity contribution in [3.8, 4) is 0 Å². The normalized spacial score (nSPS) is 33.6. The minimum absolute atomic E-state index is 0.187. The molecule has 0 saturated carbocycles. The van der Waals surface area contributed by atoms with E-state index in [-0.39, 0.29) is 6.09 Å². The summed E-state index contributed by atoms with van der Waals surface area (Å²) in [5.74, 6) is 0. The van der Waals surface area contributed by atoms with Crippen LogP contribution in [0.25, 0.3) is 0 Å². The summed E-state index contributed by atoms with van der Waals surface area (Å²) < 4.78 is 11.3. The highest BCUT2D eigenvalue weighted by Crippen LogP contribution is 2.21. The molecule has 0 spiro atoms. The van der Waals surface area contributed by atoms with Gasteiger partial charge >= 0.3 is 6.09 Å². The SMILES string of the molecule is CC1CC(NC2CCCN(C(=O)OC(C)(C)C)C2)CC(C)O1. The molecule has 1 amide bonds. The van der Waals surface area contributed by atoms with Crippen LogP contribution in [0.4, 0.5) is 4.79 Å². The Labute approximate surface area is 134 Å². The van der Waals surface area contributed by atoms with Crippen molar-refractivity contribution in [1.82, 2.24) is 10.2 Å². The number of carbonyl (C=O) groups excluding carboxylic acids is 1. The molecule has 0 aromatic rings. The van der Waals surface area contributed by atoms with Crippen LogP contribution in [0.5, 0.6) is 0 Å². The Balaban J connectivity index is 1.84. The third-order valence-electron chi connectivity index (χ3n) is 4.24. The molecule has 0 bridgehead atoms. The molecule has 0 radical (unpaired) electrons. The van der Waals surface area contributed by atoms with Gasteiger partial charge in [-0.2, -0.15) is 0 Å². The smallest absolute Gasteiger partial charge is 0.410 e. The Morgan fingerprint density at radius 1 is 1.18 bits per heavy atom. The fourth-order valence-corrected chi connectivity index (χ4v) is 3.48. The van der Waals surface area contributed by atoms with Crippen molar-refractivity contribution < 1.29 is 14.3 Å². The molecule has 128 valence electrons. The predicted molar refractivity (Wildman–Crippen MR) is 87.0 cm³/mol. The van der Waals surface area contributed by atoms with E-state index >= 15 is 0 Å². The van der Waals surface area contributed by atoms with Crippen LogP contribution < -0.4 is 5.32 Å². The van der Waals surface area contributed by atoms with E-state index in [4.69, 9.17) is 9.47 Å². The van der Waals surface area contributed by atoms with Crippen molar-refractivity contribution in [3.05, 3.63) is 0 Å². The summed E-state index contributed by atoms with van der Waals surface area (Å²) in [7, 11) is 0. The van der Waals surface area contributed by atoms with Crippen LogP contribution in [0.3, 0.4) is 0 Å². The molecule has 0 aromatic carbocycles. The lowest BCUT2D eigenvalue weighted by Crippen LogP contribution is -2.53. The number of hydrogen-bond acceptors (Lipinski definition) is 4. The van der Waals surface area contributed by atoms with Gasteiger partial charge < -0.3 is 19.7 Å². The number of carbonyl (C=O) groups is 1. The van der Waals surface area contributed by atoms with Crippen LogP contribution in [0, 0.1) is 0 Å². The van der Waals surface area contributed by atoms with Crippen molar-refractivity contribution in [2.24, 2.45) is 0 Å². The van der Waals surface area contributed by atoms with E-state index < -0.39 is 5.60 Å². The number of ether oxygens (including phenoxy) is 2. The number of likely N-dealkylation sites (tertiary alicyclic amines) is 1. The van der Waals surface area contributed by atoms with Crippen molar-refractivity contribution in [1.29, 1.82) is 0 Å². The highest BCUT2D eigenvalue weighted by Gasteiger charge is 2.31. The Morgan fingerprint density at radius 3 is 2.41 bits per heavy atom. The average Bonchev–Trinajstić information content (AvgIpc) is 2.35. The second-order valence-electron chi connectivity index (χ2n) is 7.86. The van der Waals surface area contributed by atoms with Crippen LogP contribution in [-0.4, -0.2) is 54.0 Å². The summed E-state index contributed by atoms with van der Waals surface area (Å²) in [5, 5.41) is 3.74. The van der Waals surface area contributed by atoms with Gasteiger partial charge in [0, 0.05) is 25.2 Å². The van der Waals surface area contributed by atoms with E-state index in [0.717, 1.165) is 38.8 Å². The molecule has 22 heavy (non-hydrogen) atoms. The van der Waals surface area contributed by atoms with Crippen LogP contribution >= 0.6 is 0 Å². The topological polar surface area (TPSA) is 50.8 Å². The molecule has 2 rings (SSSR count). The van der Waals surface area contributed by atoms with Crippen molar-refractivity contribution >= 4 is 6.09 Å². The first kappa shape index (κ1) is 17.5. The lowest BCUT2D eigenvalue weighted by molar-refractivity contribution is -0.0451. The number of nitrogens with zero attached hydrogens (tertiary/aromatic N) is 1. The fraction of sp³-hybridized carbons (Fsp3) is 0.941. The van der Waals surface area contributed by atoms with Crippen LogP contribution in [0.15, 0.2) is 0 Å². The molecule has 2 heterocycles. The Morgan fingerprint density at radius 2 is 1.82 bits per heavy atom. The number of hydrogen-bond donors (Lipinski definition) is 1. The van der Waals surface area contributed by atoms with Gasteiger partial charge in [-0.15, -0.1) is 0 Å². The largest absolute Gasteiger partial charge is 0.444 e. The molecule has 2 fully saturated rings. The number of rotatable bonds is 2. The van der Waals surface area contributed by atoms with E-state index in [1.165, 1.54) is 0 Å². The third kappa shape index (κ3) is 5.43. The summed E-state index contributed by atoms with van der Waals surface area (Å²) in [5.41, 5.74) is -0.428. The van der Waals surface area contributed by atoms with Crippen LogP contribution in [0.1, 0.15) is 60.3 Å². The summed E-state index contributed by atoms with van der Waals surface area (Å²) in [6.07, 6.45) is 4.69. The Kier molecular flexibility index (Phi) is 5.72. The van der Waals surface area contributed by atoms with Crippen molar-refractivity contribution in [2.75, 3.05) is 13.1 Å². The zero-order chi connectivity index (χ0) is 16.3. The Bertz CT molecular complexity index is 371. The van der Waals surface area contributed by atoms with Gasteiger partial charge in [0.2, 0.25) is 0 Å². The minimum atomic E-state index is -0.428. The number of nitrogens with one attached hydrogen (secondary N) is 1. The average molecular weight is 312 g/mol. The van der Waals surface area contributed by atoms with Gasteiger partial charge in [0.05, 0.1) is 12.2 Å². The standard InChI is InChI=1S/C17H32N2O3/c1-12-9-15(10-13(2)21-12)18-14-7-6-8-19(11-14)16(20)22-17(3,4)5/h12-15,18H,6-11H2,1-5H3. The molecular formula is C17H32N2O3. The molecular weight excluding hydrogens is 280 g/mol. The fourth-order valence-electron chi connectivity index (χ4n) is 3.48. The first-order valence-electron chi connectivity index (χ1n) is 8.62. The minimum Gasteiger partial charge on any atom is -0.444 e. The second kappa shape index (κ2) is 7.18. The maximum atomic E-state index is 12.2. The van der Waals surface area contributed by atoms with E-state index in [1.54, 1.807) is 0 Å². The predicted octanol–water partition coefficient (Wildman–Crippen LogP) is 2.93. The highest BCUT2D eigenvalue weighted by molar-refractivity contribution is 5.68. The zero-order valence-electron chi connectivity index (χ0n) is 14.7. The van der Waals surface area contributed by atoms with Gasteiger partial charge in [-0.3, -0.25) is 0 Å².